The molecule has 1 saturated heterocycles. The molecule has 44 heavy (non-hydrogen) atoms. The van der Waals surface area contributed by atoms with Crippen LogP contribution in [0.3, 0.4) is 0 Å². The first-order valence-electron chi connectivity index (χ1n) is 13.7. The molecular weight excluding hydrogens is 593 g/mol. The summed E-state index contributed by atoms with van der Waals surface area (Å²) in [7, 11) is 0. The summed E-state index contributed by atoms with van der Waals surface area (Å²) in [5.74, 6) is 0.174. The van der Waals surface area contributed by atoms with Crippen molar-refractivity contribution < 1.29 is 27.5 Å². The molecule has 0 bridgehead atoms. The summed E-state index contributed by atoms with van der Waals surface area (Å²) in [6, 6.07) is 15.8. The van der Waals surface area contributed by atoms with Crippen LogP contribution in [0.25, 0.3) is 17.1 Å². The number of nitrogens with zero attached hydrogens (tertiary/aromatic N) is 5. The number of thioether (sulfide) groups is 1. The van der Waals surface area contributed by atoms with E-state index in [1.165, 1.54) is 51.9 Å². The maximum atomic E-state index is 13.0. The molecule has 228 valence electrons. The number of nitrogens with one attached hydrogen (secondary N) is 1. The molecule has 1 aromatic heterocycles. The zero-order valence-corrected chi connectivity index (χ0v) is 25.2. The zero-order valence-electron chi connectivity index (χ0n) is 24.3. The Hall–Kier alpha value is -4.65. The van der Waals surface area contributed by atoms with Gasteiger partial charge in [-0.25, -0.2) is 14.5 Å². The number of carbonyl (C=O) groups is 2. The number of carbonyl (C=O) groups excluding carboxylic acids is 2. The van der Waals surface area contributed by atoms with Gasteiger partial charge in [0, 0.05) is 5.56 Å². The number of ether oxygens (including phenoxy) is 1. The number of aliphatic imine (C=N–C) groups is 1. The van der Waals surface area contributed by atoms with Crippen LogP contribution < -0.4 is 15.0 Å². The van der Waals surface area contributed by atoms with E-state index in [1.807, 2.05) is 64.1 Å². The van der Waals surface area contributed by atoms with Gasteiger partial charge in [-0.1, -0.05) is 60.6 Å². The SMILES string of the molecule is CCC(NC(=O)N=C1SCC(=O)N1c1c(C)cc(C)cc1C)c1ccc(-c2ncn(-c3ccc(OC(F)(F)F)cc3)n2)cc1. The maximum absolute atomic E-state index is 13.0. The minimum atomic E-state index is -4.77. The third kappa shape index (κ3) is 6.94. The fourth-order valence-corrected chi connectivity index (χ4v) is 5.92. The molecular formula is C31H29F3N6O3S. The fourth-order valence-electron chi connectivity index (χ4n) is 5.06. The van der Waals surface area contributed by atoms with Crippen molar-refractivity contribution in [2.45, 2.75) is 46.5 Å². The maximum Gasteiger partial charge on any atom is 0.573 e. The lowest BCUT2D eigenvalue weighted by atomic mass is 10.0. The van der Waals surface area contributed by atoms with Crippen LogP contribution >= 0.6 is 11.8 Å². The number of anilines is 1. The predicted octanol–water partition coefficient (Wildman–Crippen LogP) is 7.05. The average Bonchev–Trinajstić information content (AvgIpc) is 3.59. The third-order valence-corrected chi connectivity index (χ3v) is 7.85. The Labute approximate surface area is 256 Å². The van der Waals surface area contributed by atoms with Crippen LogP contribution in [0.2, 0.25) is 0 Å². The van der Waals surface area contributed by atoms with Crippen molar-refractivity contribution in [2.75, 3.05) is 10.7 Å². The highest BCUT2D eigenvalue weighted by molar-refractivity contribution is 8.15. The Morgan fingerprint density at radius 2 is 1.73 bits per heavy atom. The molecule has 1 N–H and O–H groups in total. The van der Waals surface area contributed by atoms with Gasteiger partial charge in [0.05, 0.1) is 23.2 Å². The predicted molar refractivity (Wildman–Crippen MR) is 163 cm³/mol. The Balaban J connectivity index is 1.27. The highest BCUT2D eigenvalue weighted by atomic mass is 32.2. The first-order chi connectivity index (χ1) is 20.9. The summed E-state index contributed by atoms with van der Waals surface area (Å²) in [6.07, 6.45) is -2.70. The number of amides is 3. The van der Waals surface area contributed by atoms with Gasteiger partial charge in [0.1, 0.15) is 12.1 Å². The van der Waals surface area contributed by atoms with E-state index in [-0.39, 0.29) is 23.5 Å². The topological polar surface area (TPSA) is 102 Å². The Morgan fingerprint density at radius 1 is 1.07 bits per heavy atom. The third-order valence-electron chi connectivity index (χ3n) is 6.93. The molecule has 0 aliphatic carbocycles. The van der Waals surface area contributed by atoms with Gasteiger partial charge < -0.3 is 10.1 Å². The number of aryl methyl sites for hydroxylation is 3. The summed E-state index contributed by atoms with van der Waals surface area (Å²) < 4.78 is 42.6. The first kappa shape index (κ1) is 30.8. The molecule has 3 amide bonds. The van der Waals surface area contributed by atoms with E-state index in [0.717, 1.165) is 27.9 Å². The first-order valence-corrected chi connectivity index (χ1v) is 14.7. The van der Waals surface area contributed by atoms with Crippen molar-refractivity contribution in [3.8, 4) is 22.8 Å². The molecule has 13 heteroatoms. The van der Waals surface area contributed by atoms with E-state index in [9.17, 15) is 22.8 Å². The molecule has 2 heterocycles. The van der Waals surface area contributed by atoms with Crippen LogP contribution in [0.15, 0.2) is 72.0 Å². The van der Waals surface area contributed by atoms with Crippen molar-refractivity contribution in [1.29, 1.82) is 0 Å². The molecule has 0 spiro atoms. The number of aromatic nitrogens is 3. The largest absolute Gasteiger partial charge is 0.573 e. The van der Waals surface area contributed by atoms with Crippen molar-refractivity contribution in [1.82, 2.24) is 20.1 Å². The number of alkyl halides is 3. The van der Waals surface area contributed by atoms with Crippen LogP contribution in [0, 0.1) is 20.8 Å². The van der Waals surface area contributed by atoms with Gasteiger partial charge in [-0.3, -0.25) is 9.69 Å². The van der Waals surface area contributed by atoms with E-state index in [2.05, 4.69) is 25.1 Å². The average molecular weight is 623 g/mol. The second kappa shape index (κ2) is 12.5. The monoisotopic (exact) mass is 622 g/mol. The molecule has 1 aliphatic rings. The van der Waals surface area contributed by atoms with Gasteiger partial charge in [0.2, 0.25) is 5.91 Å². The number of amidine groups is 1. The Kier molecular flexibility index (Phi) is 8.77. The lowest BCUT2D eigenvalue weighted by molar-refractivity contribution is -0.274. The minimum Gasteiger partial charge on any atom is -0.406 e. The van der Waals surface area contributed by atoms with Crippen LogP contribution in [0.4, 0.5) is 23.7 Å². The molecule has 1 aliphatic heterocycles. The van der Waals surface area contributed by atoms with Gasteiger partial charge in [-0.05, 0) is 68.1 Å². The quantitative estimate of drug-likeness (QED) is 0.237. The zero-order chi connectivity index (χ0) is 31.6. The summed E-state index contributed by atoms with van der Waals surface area (Å²) in [6.45, 7) is 7.82. The van der Waals surface area contributed by atoms with Gasteiger partial charge >= 0.3 is 12.4 Å². The number of urea groups is 1. The van der Waals surface area contributed by atoms with Crippen molar-refractivity contribution in [2.24, 2.45) is 4.99 Å². The van der Waals surface area contributed by atoms with E-state index in [1.54, 1.807) is 0 Å². The molecule has 9 nitrogen and oxygen atoms in total. The van der Waals surface area contributed by atoms with Gasteiger partial charge in [0.15, 0.2) is 11.0 Å². The summed E-state index contributed by atoms with van der Waals surface area (Å²) in [4.78, 5) is 35.9. The standard InChI is InChI=1S/C31H29F3N6O3S/c1-5-25(36-29(42)37-30-40(26(41)16-44-30)27-19(3)14-18(2)15-20(27)4)21-6-8-22(9-7-21)28-35-17-39(38-28)23-10-12-24(13-11-23)43-31(32,33)34/h6-15,17,25H,5,16H2,1-4H3,(H,36,42). The van der Waals surface area contributed by atoms with Crippen LogP contribution in [0.5, 0.6) is 5.75 Å². The number of hydrogen-bond acceptors (Lipinski definition) is 6. The highest BCUT2D eigenvalue weighted by Crippen LogP contribution is 2.33. The Morgan fingerprint density at radius 3 is 2.34 bits per heavy atom. The minimum absolute atomic E-state index is 0.122. The molecule has 1 atom stereocenters. The molecule has 1 fully saturated rings. The molecule has 1 unspecified atom stereocenters. The van der Waals surface area contributed by atoms with Crippen LogP contribution in [-0.4, -0.2) is 44.0 Å². The second-order valence-electron chi connectivity index (χ2n) is 10.2. The van der Waals surface area contributed by atoms with E-state index >= 15 is 0 Å². The molecule has 0 saturated carbocycles. The second-order valence-corrected chi connectivity index (χ2v) is 11.2. The van der Waals surface area contributed by atoms with Gasteiger partial charge in [0.25, 0.3) is 0 Å². The van der Waals surface area contributed by atoms with Crippen molar-refractivity contribution >= 4 is 34.6 Å². The van der Waals surface area contributed by atoms with Gasteiger partial charge in [-0.2, -0.15) is 4.99 Å². The molecule has 3 aromatic carbocycles. The number of hydrogen-bond donors (Lipinski definition) is 1. The lowest BCUT2D eigenvalue weighted by Gasteiger charge is -2.22. The smallest absolute Gasteiger partial charge is 0.406 e. The fraction of sp³-hybridized carbons (Fsp3) is 0.258. The summed E-state index contributed by atoms with van der Waals surface area (Å²) in [5, 5.41) is 7.72. The normalized spacial score (nSPS) is 15.1. The van der Waals surface area contributed by atoms with Gasteiger partial charge in [-0.15, -0.1) is 18.3 Å². The van der Waals surface area contributed by atoms with E-state index < -0.39 is 12.4 Å². The number of halogens is 3. The molecule has 5 rings (SSSR count). The molecule has 0 radical (unpaired) electrons. The summed E-state index contributed by atoms with van der Waals surface area (Å²) in [5.41, 5.74) is 5.79. The Bertz CT molecular complexity index is 1700. The number of benzene rings is 3. The van der Waals surface area contributed by atoms with Crippen LogP contribution in [0.1, 0.15) is 41.6 Å². The van der Waals surface area contributed by atoms with E-state index in [4.69, 9.17) is 0 Å². The van der Waals surface area contributed by atoms with E-state index in [0.29, 0.717) is 28.7 Å². The number of rotatable bonds is 7. The summed E-state index contributed by atoms with van der Waals surface area (Å²) >= 11 is 1.23. The molecule has 4 aromatic rings. The highest BCUT2D eigenvalue weighted by Gasteiger charge is 2.33. The lowest BCUT2D eigenvalue weighted by Crippen LogP contribution is -2.33. The van der Waals surface area contributed by atoms with Crippen molar-refractivity contribution in [3.63, 3.8) is 0 Å². The van der Waals surface area contributed by atoms with Crippen molar-refractivity contribution in [3.05, 3.63) is 89.2 Å². The van der Waals surface area contributed by atoms with Crippen LogP contribution in [-0.2, 0) is 4.79 Å².